The van der Waals surface area contributed by atoms with Gasteiger partial charge < -0.3 is 9.73 Å². The molecule has 0 amide bonds. The summed E-state index contributed by atoms with van der Waals surface area (Å²) in [5, 5.41) is 3.41. The third-order valence-electron chi connectivity index (χ3n) is 4.40. The maximum atomic E-state index is 5.86. The Bertz CT molecular complexity index is 423. The van der Waals surface area contributed by atoms with E-state index in [1.807, 2.05) is 0 Å². The van der Waals surface area contributed by atoms with Crippen molar-refractivity contribution in [2.75, 3.05) is 13.1 Å². The summed E-state index contributed by atoms with van der Waals surface area (Å²) in [6.45, 7) is 15.4. The highest BCUT2D eigenvalue weighted by Crippen LogP contribution is 2.26. The van der Waals surface area contributed by atoms with Gasteiger partial charge in [-0.05, 0) is 37.8 Å². The fraction of sp³-hybridized carbons (Fsp3) is 0.765. The number of rotatable bonds is 6. The highest BCUT2D eigenvalue weighted by atomic mass is 16.3. The summed E-state index contributed by atoms with van der Waals surface area (Å²) >= 11 is 0. The van der Waals surface area contributed by atoms with Crippen LogP contribution < -0.4 is 5.32 Å². The first-order chi connectivity index (χ1) is 9.45. The summed E-state index contributed by atoms with van der Waals surface area (Å²) in [5.41, 5.74) is 1.36. The molecule has 114 valence electrons. The first-order valence-electron chi connectivity index (χ1n) is 7.99. The highest BCUT2D eigenvalue weighted by molar-refractivity contribution is 5.21. The molecule has 1 N–H and O–H groups in total. The molecule has 1 unspecified atom stereocenters. The zero-order valence-corrected chi connectivity index (χ0v) is 13.7. The van der Waals surface area contributed by atoms with E-state index in [1.54, 1.807) is 0 Å². The van der Waals surface area contributed by atoms with Crippen LogP contribution in [0.15, 0.2) is 10.5 Å². The van der Waals surface area contributed by atoms with E-state index in [0.717, 1.165) is 36.4 Å². The zero-order valence-electron chi connectivity index (χ0n) is 13.7. The van der Waals surface area contributed by atoms with Crippen LogP contribution in [0.4, 0.5) is 0 Å². The average molecular weight is 278 g/mol. The molecule has 1 aliphatic rings. The van der Waals surface area contributed by atoms with Crippen molar-refractivity contribution in [2.45, 2.75) is 60.2 Å². The summed E-state index contributed by atoms with van der Waals surface area (Å²) < 4.78 is 5.86. The fourth-order valence-corrected chi connectivity index (χ4v) is 2.93. The van der Waals surface area contributed by atoms with E-state index in [1.165, 1.54) is 25.1 Å². The molecular weight excluding hydrogens is 248 g/mol. The van der Waals surface area contributed by atoms with Gasteiger partial charge in [0.15, 0.2) is 0 Å². The van der Waals surface area contributed by atoms with E-state index in [2.05, 4.69) is 50.9 Å². The van der Waals surface area contributed by atoms with Crippen LogP contribution >= 0.6 is 0 Å². The smallest absolute Gasteiger partial charge is 0.118 e. The van der Waals surface area contributed by atoms with Gasteiger partial charge in [-0.2, -0.15) is 0 Å². The fourth-order valence-electron chi connectivity index (χ4n) is 2.93. The Morgan fingerprint density at radius 3 is 2.70 bits per heavy atom. The third-order valence-corrected chi connectivity index (χ3v) is 4.40. The number of hydrogen-bond donors (Lipinski definition) is 1. The summed E-state index contributed by atoms with van der Waals surface area (Å²) in [4.78, 5) is 2.57. The molecule has 3 heteroatoms. The normalized spacial score (nSPS) is 20.4. The van der Waals surface area contributed by atoms with Gasteiger partial charge in [-0.25, -0.2) is 0 Å². The van der Waals surface area contributed by atoms with Crippen molar-refractivity contribution >= 4 is 0 Å². The molecule has 1 aromatic rings. The Morgan fingerprint density at radius 2 is 2.10 bits per heavy atom. The predicted molar refractivity (Wildman–Crippen MR) is 83.6 cm³/mol. The van der Waals surface area contributed by atoms with E-state index in [0.29, 0.717) is 6.04 Å². The Hall–Kier alpha value is -0.800. The van der Waals surface area contributed by atoms with Crippen LogP contribution in [0.5, 0.6) is 0 Å². The first-order valence-corrected chi connectivity index (χ1v) is 7.99. The van der Waals surface area contributed by atoms with E-state index < -0.39 is 0 Å². The molecule has 1 saturated heterocycles. The molecule has 0 radical (unpaired) electrons. The molecule has 0 aromatic carbocycles. The van der Waals surface area contributed by atoms with E-state index in [4.69, 9.17) is 4.42 Å². The minimum Gasteiger partial charge on any atom is -0.465 e. The van der Waals surface area contributed by atoms with Gasteiger partial charge in [0.2, 0.25) is 0 Å². The van der Waals surface area contributed by atoms with Crippen molar-refractivity contribution in [2.24, 2.45) is 11.8 Å². The molecule has 1 fully saturated rings. The summed E-state index contributed by atoms with van der Waals surface area (Å²) in [5.74, 6) is 3.81. The molecule has 0 saturated carbocycles. The molecule has 0 aliphatic carbocycles. The minimum atomic E-state index is 0.495. The van der Waals surface area contributed by atoms with Crippen LogP contribution in [0.2, 0.25) is 0 Å². The van der Waals surface area contributed by atoms with E-state index in [9.17, 15) is 0 Å². The summed E-state index contributed by atoms with van der Waals surface area (Å²) in [7, 11) is 0. The van der Waals surface area contributed by atoms with Crippen molar-refractivity contribution in [3.63, 3.8) is 0 Å². The lowest BCUT2D eigenvalue weighted by molar-refractivity contribution is 0.295. The lowest BCUT2D eigenvalue weighted by Gasteiger charge is -2.17. The van der Waals surface area contributed by atoms with Gasteiger partial charge in [-0.3, -0.25) is 4.90 Å². The average Bonchev–Trinajstić information content (AvgIpc) is 2.95. The number of likely N-dealkylation sites (tertiary alicyclic amines) is 1. The van der Waals surface area contributed by atoms with Gasteiger partial charge in [-0.1, -0.05) is 27.7 Å². The SMILES string of the molecule is Cc1oc(CNC(C)C)cc1CN1CCC(C(C)C)C1. The summed E-state index contributed by atoms with van der Waals surface area (Å²) in [6, 6.07) is 2.72. The molecule has 1 aromatic heterocycles. The Kier molecular flexibility index (Phi) is 5.28. The van der Waals surface area contributed by atoms with Crippen molar-refractivity contribution in [1.29, 1.82) is 0 Å². The van der Waals surface area contributed by atoms with Crippen molar-refractivity contribution < 1.29 is 4.42 Å². The van der Waals surface area contributed by atoms with Gasteiger partial charge >= 0.3 is 0 Å². The van der Waals surface area contributed by atoms with E-state index in [-0.39, 0.29) is 0 Å². The zero-order chi connectivity index (χ0) is 14.7. The highest BCUT2D eigenvalue weighted by Gasteiger charge is 2.25. The van der Waals surface area contributed by atoms with Crippen molar-refractivity contribution in [1.82, 2.24) is 10.2 Å². The second kappa shape index (κ2) is 6.77. The van der Waals surface area contributed by atoms with Gasteiger partial charge in [0.1, 0.15) is 11.5 Å². The molecule has 3 nitrogen and oxygen atoms in total. The largest absolute Gasteiger partial charge is 0.465 e. The standard InChI is InChI=1S/C17H30N2O/c1-12(2)15-6-7-19(10-15)11-16-8-17(20-14(16)5)9-18-13(3)4/h8,12-13,15,18H,6-7,9-11H2,1-5H3. The second-order valence-electron chi connectivity index (χ2n) is 6.86. The molecule has 0 spiro atoms. The van der Waals surface area contributed by atoms with Crippen LogP contribution in [0.3, 0.4) is 0 Å². The third kappa shape index (κ3) is 4.10. The quantitative estimate of drug-likeness (QED) is 0.862. The lowest BCUT2D eigenvalue weighted by atomic mass is 9.95. The maximum absolute atomic E-state index is 5.86. The molecule has 2 rings (SSSR count). The van der Waals surface area contributed by atoms with Crippen LogP contribution in [0.25, 0.3) is 0 Å². The van der Waals surface area contributed by atoms with Gasteiger partial charge in [0.05, 0.1) is 6.54 Å². The topological polar surface area (TPSA) is 28.4 Å². The first kappa shape index (κ1) is 15.6. The molecule has 1 aliphatic heterocycles. The Labute approximate surface area is 123 Å². The monoisotopic (exact) mass is 278 g/mol. The van der Waals surface area contributed by atoms with Crippen LogP contribution in [-0.4, -0.2) is 24.0 Å². The molecule has 2 heterocycles. The lowest BCUT2D eigenvalue weighted by Crippen LogP contribution is -2.22. The Balaban J connectivity index is 1.90. The van der Waals surface area contributed by atoms with Gasteiger partial charge in [-0.15, -0.1) is 0 Å². The number of furan rings is 1. The molecule has 0 bridgehead atoms. The number of hydrogen-bond acceptors (Lipinski definition) is 3. The van der Waals surface area contributed by atoms with Crippen molar-refractivity contribution in [3.8, 4) is 0 Å². The predicted octanol–water partition coefficient (Wildman–Crippen LogP) is 3.56. The van der Waals surface area contributed by atoms with Gasteiger partial charge in [0, 0.05) is 24.7 Å². The van der Waals surface area contributed by atoms with Crippen LogP contribution in [0.1, 0.15) is 51.2 Å². The van der Waals surface area contributed by atoms with Crippen molar-refractivity contribution in [3.05, 3.63) is 23.2 Å². The number of aryl methyl sites for hydroxylation is 1. The second-order valence-corrected chi connectivity index (χ2v) is 6.86. The summed E-state index contributed by atoms with van der Waals surface area (Å²) in [6.07, 6.45) is 1.34. The number of nitrogens with one attached hydrogen (secondary N) is 1. The van der Waals surface area contributed by atoms with E-state index >= 15 is 0 Å². The van der Waals surface area contributed by atoms with Crippen LogP contribution in [-0.2, 0) is 13.1 Å². The van der Waals surface area contributed by atoms with Gasteiger partial charge in [0.25, 0.3) is 0 Å². The molecular formula is C17H30N2O. The molecule has 20 heavy (non-hydrogen) atoms. The minimum absolute atomic E-state index is 0.495. The van der Waals surface area contributed by atoms with Crippen LogP contribution in [0, 0.1) is 18.8 Å². The maximum Gasteiger partial charge on any atom is 0.118 e. The number of nitrogens with zero attached hydrogens (tertiary/aromatic N) is 1. The molecule has 1 atom stereocenters. The Morgan fingerprint density at radius 1 is 1.35 bits per heavy atom.